The van der Waals surface area contributed by atoms with E-state index in [1.54, 1.807) is 7.11 Å². The highest BCUT2D eigenvalue weighted by molar-refractivity contribution is 5.74. The van der Waals surface area contributed by atoms with Crippen molar-refractivity contribution in [2.45, 2.75) is 12.6 Å². The number of ether oxygens (including phenoxy) is 1. The van der Waals surface area contributed by atoms with E-state index < -0.39 is 6.10 Å². The number of hydrogen-bond acceptors (Lipinski definition) is 5. The average molecular weight is 366 g/mol. The van der Waals surface area contributed by atoms with E-state index in [1.807, 2.05) is 47.3 Å². The fraction of sp³-hybridized carbons (Fsp3) is 0.381. The number of fused-ring (bicyclic) bond motifs is 1. The maximum Gasteiger partial charge on any atom is 0.120 e. The lowest BCUT2D eigenvalue weighted by Gasteiger charge is -2.37. The van der Waals surface area contributed by atoms with Crippen molar-refractivity contribution in [3.05, 3.63) is 54.9 Å². The monoisotopic (exact) mass is 366 g/mol. The van der Waals surface area contributed by atoms with Gasteiger partial charge in [-0.25, -0.2) is 4.98 Å². The number of aliphatic hydroxyl groups is 1. The van der Waals surface area contributed by atoms with Crippen LogP contribution in [-0.2, 0) is 6.54 Å². The number of aliphatic hydroxyl groups excluding tert-OH is 1. The van der Waals surface area contributed by atoms with Gasteiger partial charge in [0.25, 0.3) is 0 Å². The first-order valence-corrected chi connectivity index (χ1v) is 9.42. The molecule has 1 saturated heterocycles. The first kappa shape index (κ1) is 17.8. The first-order chi connectivity index (χ1) is 13.2. The Hall–Kier alpha value is -2.57. The third kappa shape index (κ3) is 4.07. The van der Waals surface area contributed by atoms with Crippen LogP contribution < -0.4 is 9.64 Å². The van der Waals surface area contributed by atoms with Crippen molar-refractivity contribution < 1.29 is 9.84 Å². The van der Waals surface area contributed by atoms with Crippen molar-refractivity contribution in [2.24, 2.45) is 0 Å². The molecular weight excluding hydrogens is 340 g/mol. The Morgan fingerprint density at radius 2 is 1.85 bits per heavy atom. The number of hydrogen-bond donors (Lipinski definition) is 1. The lowest BCUT2D eigenvalue weighted by atomic mass is 10.2. The summed E-state index contributed by atoms with van der Waals surface area (Å²) in [6, 6.07) is 16.2. The molecule has 1 aliphatic rings. The fourth-order valence-electron chi connectivity index (χ4n) is 3.73. The lowest BCUT2D eigenvalue weighted by molar-refractivity contribution is 0.0959. The highest BCUT2D eigenvalue weighted by atomic mass is 16.5. The van der Waals surface area contributed by atoms with Crippen LogP contribution in [0.4, 0.5) is 5.69 Å². The van der Waals surface area contributed by atoms with E-state index in [9.17, 15) is 5.11 Å². The molecule has 6 nitrogen and oxygen atoms in total. The third-order valence-electron chi connectivity index (χ3n) is 5.19. The average Bonchev–Trinajstić information content (AvgIpc) is 3.11. The number of anilines is 1. The van der Waals surface area contributed by atoms with Gasteiger partial charge in [-0.2, -0.15) is 0 Å². The van der Waals surface area contributed by atoms with E-state index in [4.69, 9.17) is 4.74 Å². The first-order valence-electron chi connectivity index (χ1n) is 9.42. The van der Waals surface area contributed by atoms with Gasteiger partial charge >= 0.3 is 0 Å². The van der Waals surface area contributed by atoms with Crippen LogP contribution in [0.3, 0.4) is 0 Å². The number of benzene rings is 2. The van der Waals surface area contributed by atoms with Crippen LogP contribution in [0.15, 0.2) is 54.9 Å². The Kier molecular flexibility index (Phi) is 5.27. The predicted octanol–water partition coefficient (Wildman–Crippen LogP) is 2.23. The second kappa shape index (κ2) is 7.98. The van der Waals surface area contributed by atoms with Crippen LogP contribution in [0.5, 0.6) is 5.75 Å². The molecule has 1 unspecified atom stereocenters. The van der Waals surface area contributed by atoms with E-state index in [2.05, 4.69) is 26.9 Å². The van der Waals surface area contributed by atoms with E-state index >= 15 is 0 Å². The van der Waals surface area contributed by atoms with Crippen LogP contribution in [0, 0.1) is 0 Å². The van der Waals surface area contributed by atoms with Crippen molar-refractivity contribution in [3.8, 4) is 5.75 Å². The summed E-state index contributed by atoms with van der Waals surface area (Å²) in [7, 11) is 1.70. The number of aromatic nitrogens is 2. The zero-order chi connectivity index (χ0) is 18.6. The molecule has 4 rings (SSSR count). The molecule has 1 aliphatic heterocycles. The number of piperazine rings is 1. The molecule has 0 spiro atoms. The molecule has 0 saturated carbocycles. The van der Waals surface area contributed by atoms with Gasteiger partial charge in [-0.1, -0.05) is 18.2 Å². The van der Waals surface area contributed by atoms with Crippen LogP contribution in [0.1, 0.15) is 0 Å². The minimum atomic E-state index is -0.411. The second-order valence-corrected chi connectivity index (χ2v) is 7.03. The molecule has 0 radical (unpaired) electrons. The van der Waals surface area contributed by atoms with Crippen LogP contribution >= 0.6 is 0 Å². The van der Waals surface area contributed by atoms with Crippen LogP contribution in [0.2, 0.25) is 0 Å². The minimum Gasteiger partial charge on any atom is -0.497 e. The third-order valence-corrected chi connectivity index (χ3v) is 5.19. The Labute approximate surface area is 159 Å². The number of β-amino-alcohol motifs (C(OH)–C–C–N with tert-alkyl or cyclic N) is 1. The van der Waals surface area contributed by atoms with Gasteiger partial charge in [0.05, 0.1) is 37.1 Å². The van der Waals surface area contributed by atoms with E-state index in [0.717, 1.165) is 43.0 Å². The lowest BCUT2D eigenvalue weighted by Crippen LogP contribution is -2.49. The summed E-state index contributed by atoms with van der Waals surface area (Å²) in [5.74, 6) is 0.887. The number of imidazole rings is 1. The molecular formula is C21H26N4O2. The number of rotatable bonds is 6. The summed E-state index contributed by atoms with van der Waals surface area (Å²) in [5.41, 5.74) is 3.23. The van der Waals surface area contributed by atoms with Crippen molar-refractivity contribution in [3.63, 3.8) is 0 Å². The number of para-hydroxylation sites is 2. The summed E-state index contributed by atoms with van der Waals surface area (Å²) in [6.07, 6.45) is 1.40. The van der Waals surface area contributed by atoms with Crippen molar-refractivity contribution in [2.75, 3.05) is 44.7 Å². The summed E-state index contributed by atoms with van der Waals surface area (Å²) < 4.78 is 7.36. The molecule has 0 amide bonds. The summed E-state index contributed by atoms with van der Waals surface area (Å²) in [4.78, 5) is 9.10. The smallest absolute Gasteiger partial charge is 0.120 e. The van der Waals surface area contributed by atoms with Gasteiger partial charge in [0.2, 0.25) is 0 Å². The molecule has 6 heteroatoms. The fourth-order valence-corrected chi connectivity index (χ4v) is 3.73. The quantitative estimate of drug-likeness (QED) is 0.725. The summed E-state index contributed by atoms with van der Waals surface area (Å²) in [5, 5.41) is 10.6. The summed E-state index contributed by atoms with van der Waals surface area (Å²) >= 11 is 0. The van der Waals surface area contributed by atoms with Gasteiger partial charge in [-0.05, 0) is 24.3 Å². The topological polar surface area (TPSA) is 53.8 Å². The van der Waals surface area contributed by atoms with Crippen LogP contribution in [-0.4, -0.2) is 65.5 Å². The van der Waals surface area contributed by atoms with Crippen molar-refractivity contribution in [1.82, 2.24) is 14.5 Å². The Morgan fingerprint density at radius 1 is 1.04 bits per heavy atom. The molecule has 3 aromatic rings. The standard InChI is InChI=1S/C21H26N4O2/c1-27-19-6-4-5-17(13-19)24-11-9-23(10-12-24)14-18(26)15-25-16-22-20-7-2-3-8-21(20)25/h2-8,13,16,18,26H,9-12,14-15H2,1H3. The van der Waals surface area contributed by atoms with Gasteiger partial charge in [0.1, 0.15) is 5.75 Å². The molecule has 1 aromatic heterocycles. The molecule has 1 atom stereocenters. The van der Waals surface area contributed by atoms with Gasteiger partial charge in [0.15, 0.2) is 0 Å². The Morgan fingerprint density at radius 3 is 2.67 bits per heavy atom. The summed E-state index contributed by atoms with van der Waals surface area (Å²) in [6.45, 7) is 5.04. The molecule has 1 N–H and O–H groups in total. The molecule has 2 heterocycles. The van der Waals surface area contributed by atoms with E-state index in [1.165, 1.54) is 5.69 Å². The molecule has 142 valence electrons. The van der Waals surface area contributed by atoms with E-state index in [0.29, 0.717) is 13.1 Å². The number of methoxy groups -OCH3 is 1. The highest BCUT2D eigenvalue weighted by Gasteiger charge is 2.20. The molecule has 0 aliphatic carbocycles. The molecule has 2 aromatic carbocycles. The zero-order valence-corrected chi connectivity index (χ0v) is 15.7. The van der Waals surface area contributed by atoms with Crippen molar-refractivity contribution in [1.29, 1.82) is 0 Å². The highest BCUT2D eigenvalue weighted by Crippen LogP contribution is 2.22. The van der Waals surface area contributed by atoms with Gasteiger partial charge < -0.3 is 19.3 Å². The van der Waals surface area contributed by atoms with Gasteiger partial charge in [-0.3, -0.25) is 4.90 Å². The maximum absolute atomic E-state index is 10.6. The SMILES string of the molecule is COc1cccc(N2CCN(CC(O)Cn3cnc4ccccc43)CC2)c1. The second-order valence-electron chi connectivity index (χ2n) is 7.03. The molecule has 1 fully saturated rings. The Bertz CT molecular complexity index is 887. The van der Waals surface area contributed by atoms with Crippen molar-refractivity contribution >= 4 is 16.7 Å². The normalized spacial score (nSPS) is 16.6. The number of nitrogens with zero attached hydrogens (tertiary/aromatic N) is 4. The predicted molar refractivity (Wildman–Crippen MR) is 107 cm³/mol. The molecule has 27 heavy (non-hydrogen) atoms. The zero-order valence-electron chi connectivity index (χ0n) is 15.7. The largest absolute Gasteiger partial charge is 0.497 e. The Balaban J connectivity index is 1.31. The van der Waals surface area contributed by atoms with Gasteiger partial charge in [-0.15, -0.1) is 0 Å². The van der Waals surface area contributed by atoms with Crippen LogP contribution in [0.25, 0.3) is 11.0 Å². The molecule has 0 bridgehead atoms. The minimum absolute atomic E-state index is 0.411. The van der Waals surface area contributed by atoms with Gasteiger partial charge in [0, 0.05) is 44.5 Å². The maximum atomic E-state index is 10.6. The van der Waals surface area contributed by atoms with E-state index in [-0.39, 0.29) is 0 Å².